The lowest BCUT2D eigenvalue weighted by atomic mass is 9.85. The van der Waals surface area contributed by atoms with Gasteiger partial charge in [-0.15, -0.1) is 0 Å². The van der Waals surface area contributed by atoms with Crippen LogP contribution in [-0.2, 0) is 5.41 Å². The summed E-state index contributed by atoms with van der Waals surface area (Å²) >= 11 is 0. The van der Waals surface area contributed by atoms with Crippen molar-refractivity contribution in [3.05, 3.63) is 17.7 Å². The quantitative estimate of drug-likeness (QED) is 0.814. The van der Waals surface area contributed by atoms with Gasteiger partial charge in [0.05, 0.1) is 5.69 Å². The number of benzene rings is 1. The molecule has 22 heavy (non-hydrogen) atoms. The molecule has 1 aromatic rings. The maximum atomic E-state index is 11.1. The van der Waals surface area contributed by atoms with Crippen LogP contribution in [0.1, 0.15) is 26.3 Å². The molecule has 2 rings (SSSR count). The number of carbonyl (C=O) groups is 1. The topological polar surface area (TPSA) is 84.8 Å². The van der Waals surface area contributed by atoms with Gasteiger partial charge >= 0.3 is 6.09 Å². The Morgan fingerprint density at radius 3 is 2.27 bits per heavy atom. The standard InChI is InChI=1S/C16H26N4O2/c1-16(2,3)12-9-11(20-7-5-19(4)6-8-20)10-13(14(12)17)22-15(18)21/h9-10H,5-8,17H2,1-4H3,(H2,18,21). The second-order valence-electron chi connectivity index (χ2n) is 6.87. The summed E-state index contributed by atoms with van der Waals surface area (Å²) in [6.45, 7) is 10.1. The summed E-state index contributed by atoms with van der Waals surface area (Å²) in [5.74, 6) is 0.342. The number of ether oxygens (including phenoxy) is 1. The minimum absolute atomic E-state index is 0.150. The number of likely N-dealkylation sites (N-methyl/N-ethyl adjacent to an activating group) is 1. The minimum atomic E-state index is -0.845. The van der Waals surface area contributed by atoms with Crippen LogP contribution < -0.4 is 21.1 Å². The van der Waals surface area contributed by atoms with E-state index in [0.717, 1.165) is 37.4 Å². The summed E-state index contributed by atoms with van der Waals surface area (Å²) in [4.78, 5) is 15.7. The van der Waals surface area contributed by atoms with E-state index in [1.807, 2.05) is 0 Å². The molecule has 1 aromatic carbocycles. The first-order chi connectivity index (χ1) is 10.2. The lowest BCUT2D eigenvalue weighted by Gasteiger charge is -2.35. The molecule has 4 N–H and O–H groups in total. The molecule has 1 fully saturated rings. The van der Waals surface area contributed by atoms with Gasteiger partial charge in [0.15, 0.2) is 5.75 Å². The van der Waals surface area contributed by atoms with Crippen LogP contribution in [0.5, 0.6) is 5.75 Å². The van der Waals surface area contributed by atoms with Crippen LogP contribution in [0.3, 0.4) is 0 Å². The summed E-state index contributed by atoms with van der Waals surface area (Å²) in [6, 6.07) is 3.90. The molecule has 0 bridgehead atoms. The number of hydrogen-bond acceptors (Lipinski definition) is 5. The van der Waals surface area contributed by atoms with Crippen molar-refractivity contribution in [3.8, 4) is 5.75 Å². The fourth-order valence-corrected chi connectivity index (χ4v) is 2.67. The normalized spacial score (nSPS) is 16.6. The molecule has 0 spiro atoms. The van der Waals surface area contributed by atoms with Crippen molar-refractivity contribution in [3.63, 3.8) is 0 Å². The second-order valence-corrected chi connectivity index (χ2v) is 6.87. The first kappa shape index (κ1) is 16.4. The Morgan fingerprint density at radius 1 is 1.18 bits per heavy atom. The summed E-state index contributed by atoms with van der Waals surface area (Å²) in [6.07, 6.45) is -0.845. The summed E-state index contributed by atoms with van der Waals surface area (Å²) in [7, 11) is 2.11. The third-order valence-electron chi connectivity index (χ3n) is 4.01. The lowest BCUT2D eigenvalue weighted by molar-refractivity contribution is 0.211. The molecule has 0 unspecified atom stereocenters. The molecule has 0 aliphatic carbocycles. The third-order valence-corrected chi connectivity index (χ3v) is 4.01. The highest BCUT2D eigenvalue weighted by molar-refractivity contribution is 5.75. The first-order valence-electron chi connectivity index (χ1n) is 7.53. The smallest absolute Gasteiger partial charge is 0.408 e. The lowest BCUT2D eigenvalue weighted by Crippen LogP contribution is -2.44. The molecule has 0 radical (unpaired) electrons. The highest BCUT2D eigenvalue weighted by atomic mass is 16.5. The molecule has 1 aliphatic heterocycles. The number of rotatable bonds is 2. The molecular formula is C16H26N4O2. The highest BCUT2D eigenvalue weighted by Gasteiger charge is 2.24. The van der Waals surface area contributed by atoms with Crippen molar-refractivity contribution in [2.45, 2.75) is 26.2 Å². The van der Waals surface area contributed by atoms with E-state index in [4.69, 9.17) is 16.2 Å². The van der Waals surface area contributed by atoms with Gasteiger partial charge in [0, 0.05) is 37.9 Å². The van der Waals surface area contributed by atoms with E-state index in [1.165, 1.54) is 0 Å². The monoisotopic (exact) mass is 306 g/mol. The van der Waals surface area contributed by atoms with Crippen LogP contribution in [0.2, 0.25) is 0 Å². The number of nitrogens with two attached hydrogens (primary N) is 2. The molecule has 1 aliphatic rings. The van der Waals surface area contributed by atoms with Crippen molar-refractivity contribution in [1.82, 2.24) is 4.90 Å². The van der Waals surface area contributed by atoms with Gasteiger partial charge in [-0.25, -0.2) is 4.79 Å². The van der Waals surface area contributed by atoms with E-state index in [-0.39, 0.29) is 5.41 Å². The number of primary amides is 1. The van der Waals surface area contributed by atoms with Crippen molar-refractivity contribution in [1.29, 1.82) is 0 Å². The van der Waals surface area contributed by atoms with Gasteiger partial charge in [0.1, 0.15) is 0 Å². The van der Waals surface area contributed by atoms with Crippen LogP contribution >= 0.6 is 0 Å². The number of anilines is 2. The van der Waals surface area contributed by atoms with Crippen molar-refractivity contribution in [2.75, 3.05) is 43.9 Å². The highest BCUT2D eigenvalue weighted by Crippen LogP contribution is 2.38. The molecule has 0 aromatic heterocycles. The van der Waals surface area contributed by atoms with Gasteiger partial charge in [-0.3, -0.25) is 0 Å². The SMILES string of the molecule is CN1CCN(c2cc(OC(N)=O)c(N)c(C(C)(C)C)c2)CC1. The maximum absolute atomic E-state index is 11.1. The molecule has 6 nitrogen and oxygen atoms in total. The van der Waals surface area contributed by atoms with Gasteiger partial charge in [-0.05, 0) is 24.1 Å². The zero-order chi connectivity index (χ0) is 16.5. The van der Waals surface area contributed by atoms with Gasteiger partial charge in [0.2, 0.25) is 0 Å². The Balaban J connectivity index is 2.43. The van der Waals surface area contributed by atoms with Crippen LogP contribution in [0.4, 0.5) is 16.2 Å². The first-order valence-corrected chi connectivity index (χ1v) is 7.53. The van der Waals surface area contributed by atoms with E-state index in [1.54, 1.807) is 6.07 Å². The largest absolute Gasteiger partial charge is 0.410 e. The summed E-state index contributed by atoms with van der Waals surface area (Å²) in [5, 5.41) is 0. The molecule has 0 atom stereocenters. The zero-order valence-corrected chi connectivity index (χ0v) is 13.8. The average Bonchev–Trinajstić information content (AvgIpc) is 2.40. The second kappa shape index (κ2) is 6.04. The number of piperazine rings is 1. The molecule has 122 valence electrons. The van der Waals surface area contributed by atoms with Crippen LogP contribution in [-0.4, -0.2) is 44.2 Å². The Bertz CT molecular complexity index is 558. The van der Waals surface area contributed by atoms with Gasteiger partial charge in [0.25, 0.3) is 0 Å². The fraction of sp³-hybridized carbons (Fsp3) is 0.562. The predicted octanol–water partition coefficient (Wildman–Crippen LogP) is 1.78. The van der Waals surface area contributed by atoms with E-state index in [2.05, 4.69) is 43.7 Å². The summed E-state index contributed by atoms with van der Waals surface area (Å²) < 4.78 is 5.11. The number of hydrogen-bond donors (Lipinski definition) is 2. The van der Waals surface area contributed by atoms with Crippen molar-refractivity contribution < 1.29 is 9.53 Å². The molecule has 1 saturated heterocycles. The fourth-order valence-electron chi connectivity index (χ4n) is 2.67. The van der Waals surface area contributed by atoms with E-state index >= 15 is 0 Å². The van der Waals surface area contributed by atoms with E-state index in [0.29, 0.717) is 11.4 Å². The van der Waals surface area contributed by atoms with E-state index < -0.39 is 6.09 Å². The molecular weight excluding hydrogens is 280 g/mol. The minimum Gasteiger partial charge on any atom is -0.408 e. The van der Waals surface area contributed by atoms with Crippen LogP contribution in [0.15, 0.2) is 12.1 Å². The molecule has 6 heteroatoms. The van der Waals surface area contributed by atoms with Crippen molar-refractivity contribution in [2.24, 2.45) is 5.73 Å². The van der Waals surface area contributed by atoms with Crippen molar-refractivity contribution >= 4 is 17.5 Å². The van der Waals surface area contributed by atoms with E-state index in [9.17, 15) is 4.79 Å². The zero-order valence-electron chi connectivity index (χ0n) is 13.8. The Labute approximate surface area is 132 Å². The number of amides is 1. The number of nitrogen functional groups attached to an aromatic ring is 1. The van der Waals surface area contributed by atoms with Gasteiger partial charge < -0.3 is 26.0 Å². The third kappa shape index (κ3) is 3.62. The average molecular weight is 306 g/mol. The number of carbonyl (C=O) groups excluding carboxylic acids is 1. The summed E-state index contributed by atoms with van der Waals surface area (Å²) in [5.41, 5.74) is 13.6. The molecule has 1 heterocycles. The number of nitrogens with zero attached hydrogens (tertiary/aromatic N) is 2. The maximum Gasteiger partial charge on any atom is 0.410 e. The van der Waals surface area contributed by atoms with Gasteiger partial charge in [-0.2, -0.15) is 0 Å². The Hall–Kier alpha value is -1.95. The molecule has 0 saturated carbocycles. The molecule has 1 amide bonds. The van der Waals surface area contributed by atoms with Crippen LogP contribution in [0.25, 0.3) is 0 Å². The van der Waals surface area contributed by atoms with Gasteiger partial charge in [-0.1, -0.05) is 20.8 Å². The predicted molar refractivity (Wildman–Crippen MR) is 89.5 cm³/mol. The Morgan fingerprint density at radius 2 is 1.77 bits per heavy atom. The Kier molecular flexibility index (Phi) is 4.51. The van der Waals surface area contributed by atoms with Crippen LogP contribution in [0, 0.1) is 0 Å².